The number of thiocarbonyl (C=S) groups is 1. The Labute approximate surface area is 118 Å². The fourth-order valence-corrected chi connectivity index (χ4v) is 2.93. The van der Waals surface area contributed by atoms with E-state index in [1.54, 1.807) is 12.4 Å². The molecule has 0 spiro atoms. The Hall–Kier alpha value is -1.49. The summed E-state index contributed by atoms with van der Waals surface area (Å²) in [6, 6.07) is 3.72. The van der Waals surface area contributed by atoms with Crippen LogP contribution in [0.3, 0.4) is 0 Å². The van der Waals surface area contributed by atoms with Crippen LogP contribution in [-0.4, -0.2) is 15.9 Å². The van der Waals surface area contributed by atoms with Gasteiger partial charge in [-0.15, -0.1) is 0 Å². The van der Waals surface area contributed by atoms with Crippen LogP contribution in [0.1, 0.15) is 44.2 Å². The van der Waals surface area contributed by atoms with Crippen molar-refractivity contribution in [1.82, 2.24) is 10.3 Å². The number of nitrogens with two attached hydrogens (primary N) is 1. The van der Waals surface area contributed by atoms with Crippen LogP contribution in [0, 0.1) is 5.41 Å². The molecule has 0 aromatic carbocycles. The van der Waals surface area contributed by atoms with Crippen molar-refractivity contribution in [3.8, 4) is 0 Å². The van der Waals surface area contributed by atoms with Gasteiger partial charge in [0, 0.05) is 12.4 Å². The normalized spacial score (nSPS) is 18.8. The molecule has 1 saturated carbocycles. The number of rotatable bonds is 4. The SMILES string of the molecule is CC(NC(=O)C1(C(N)=S)CCCC1)c1ccncc1. The van der Waals surface area contributed by atoms with E-state index < -0.39 is 5.41 Å². The monoisotopic (exact) mass is 277 g/mol. The number of carbonyl (C=O) groups is 1. The molecule has 0 aliphatic heterocycles. The molecule has 0 bridgehead atoms. The highest BCUT2D eigenvalue weighted by atomic mass is 32.1. The third-order valence-electron chi connectivity index (χ3n) is 3.92. The van der Waals surface area contributed by atoms with Gasteiger partial charge in [0.25, 0.3) is 0 Å². The lowest BCUT2D eigenvalue weighted by Crippen LogP contribution is -2.47. The minimum Gasteiger partial charge on any atom is -0.392 e. The summed E-state index contributed by atoms with van der Waals surface area (Å²) < 4.78 is 0. The predicted molar refractivity (Wildman–Crippen MR) is 78.5 cm³/mol. The van der Waals surface area contributed by atoms with Gasteiger partial charge >= 0.3 is 0 Å². The molecular weight excluding hydrogens is 258 g/mol. The zero-order chi connectivity index (χ0) is 13.9. The lowest BCUT2D eigenvalue weighted by atomic mass is 9.84. The van der Waals surface area contributed by atoms with E-state index in [0.29, 0.717) is 4.99 Å². The van der Waals surface area contributed by atoms with Crippen LogP contribution in [0.4, 0.5) is 0 Å². The van der Waals surface area contributed by atoms with Crippen molar-refractivity contribution >= 4 is 23.1 Å². The van der Waals surface area contributed by atoms with Gasteiger partial charge in [0.15, 0.2) is 0 Å². The predicted octanol–water partition coefficient (Wildman–Crippen LogP) is 2.11. The molecule has 2 rings (SSSR count). The summed E-state index contributed by atoms with van der Waals surface area (Å²) in [6.07, 6.45) is 6.98. The van der Waals surface area contributed by atoms with E-state index in [0.717, 1.165) is 31.2 Å². The zero-order valence-electron chi connectivity index (χ0n) is 11.1. The molecule has 1 fully saturated rings. The lowest BCUT2D eigenvalue weighted by Gasteiger charge is -2.28. The van der Waals surface area contributed by atoms with Crippen LogP contribution < -0.4 is 11.1 Å². The van der Waals surface area contributed by atoms with Crippen LogP contribution in [-0.2, 0) is 4.79 Å². The van der Waals surface area contributed by atoms with E-state index in [9.17, 15) is 4.79 Å². The van der Waals surface area contributed by atoms with Gasteiger partial charge in [-0.05, 0) is 37.5 Å². The van der Waals surface area contributed by atoms with Crippen molar-refractivity contribution in [2.45, 2.75) is 38.6 Å². The van der Waals surface area contributed by atoms with Crippen LogP contribution >= 0.6 is 12.2 Å². The van der Waals surface area contributed by atoms with Crippen molar-refractivity contribution in [1.29, 1.82) is 0 Å². The minimum absolute atomic E-state index is 0.0400. The Balaban J connectivity index is 2.10. The largest absolute Gasteiger partial charge is 0.392 e. The molecule has 0 saturated heterocycles. The van der Waals surface area contributed by atoms with Crippen LogP contribution in [0.15, 0.2) is 24.5 Å². The summed E-state index contributed by atoms with van der Waals surface area (Å²) >= 11 is 5.12. The second kappa shape index (κ2) is 5.65. The number of nitrogens with zero attached hydrogens (tertiary/aromatic N) is 1. The molecule has 1 aromatic rings. The number of aromatic nitrogens is 1. The lowest BCUT2D eigenvalue weighted by molar-refractivity contribution is -0.128. The first kappa shape index (κ1) is 13.9. The maximum absolute atomic E-state index is 12.5. The fourth-order valence-electron chi connectivity index (χ4n) is 2.63. The molecule has 1 unspecified atom stereocenters. The smallest absolute Gasteiger partial charge is 0.233 e. The Kier molecular flexibility index (Phi) is 4.14. The summed E-state index contributed by atoms with van der Waals surface area (Å²) in [6.45, 7) is 1.95. The highest BCUT2D eigenvalue weighted by Crippen LogP contribution is 2.39. The molecule has 4 nitrogen and oxygen atoms in total. The third kappa shape index (κ3) is 2.76. The van der Waals surface area contributed by atoms with Crippen LogP contribution in [0.25, 0.3) is 0 Å². The second-order valence-electron chi connectivity index (χ2n) is 5.13. The third-order valence-corrected chi connectivity index (χ3v) is 4.31. The number of hydrogen-bond acceptors (Lipinski definition) is 3. The standard InChI is InChI=1S/C14H19N3OS/c1-10(11-4-8-16-9-5-11)17-13(18)14(12(15)19)6-2-3-7-14/h4-5,8-10H,2-3,6-7H2,1H3,(H2,15,19)(H,17,18). The number of carbonyl (C=O) groups excluding carboxylic acids is 1. The van der Waals surface area contributed by atoms with Gasteiger partial charge in [-0.1, -0.05) is 25.1 Å². The van der Waals surface area contributed by atoms with Gasteiger partial charge in [0.05, 0.1) is 16.4 Å². The first-order valence-corrected chi connectivity index (χ1v) is 6.98. The average molecular weight is 277 g/mol. The Bertz CT molecular complexity index is 469. The van der Waals surface area contributed by atoms with Gasteiger partial charge in [-0.25, -0.2) is 0 Å². The van der Waals surface area contributed by atoms with Crippen molar-refractivity contribution in [2.75, 3.05) is 0 Å². The topological polar surface area (TPSA) is 68.0 Å². The molecule has 1 aliphatic carbocycles. The summed E-state index contributed by atoms with van der Waals surface area (Å²) in [5.74, 6) is -0.0400. The summed E-state index contributed by atoms with van der Waals surface area (Å²) in [5, 5.41) is 3.03. The Morgan fingerprint density at radius 2 is 2.00 bits per heavy atom. The highest BCUT2D eigenvalue weighted by molar-refractivity contribution is 7.80. The average Bonchev–Trinajstić information content (AvgIpc) is 2.90. The first-order valence-electron chi connectivity index (χ1n) is 6.57. The van der Waals surface area contributed by atoms with E-state index in [2.05, 4.69) is 10.3 Å². The van der Waals surface area contributed by atoms with Gasteiger partial charge < -0.3 is 11.1 Å². The van der Waals surface area contributed by atoms with Gasteiger partial charge in [-0.3, -0.25) is 9.78 Å². The molecule has 1 atom stereocenters. The van der Waals surface area contributed by atoms with Gasteiger partial charge in [0.1, 0.15) is 0 Å². The van der Waals surface area contributed by atoms with Crippen molar-refractivity contribution < 1.29 is 4.79 Å². The number of pyridine rings is 1. The molecule has 19 heavy (non-hydrogen) atoms. The maximum Gasteiger partial charge on any atom is 0.233 e. The molecule has 3 N–H and O–H groups in total. The number of nitrogens with one attached hydrogen (secondary N) is 1. The Morgan fingerprint density at radius 1 is 1.42 bits per heavy atom. The molecule has 5 heteroatoms. The van der Waals surface area contributed by atoms with E-state index in [1.807, 2.05) is 19.1 Å². The van der Waals surface area contributed by atoms with Crippen molar-refractivity contribution in [3.63, 3.8) is 0 Å². The number of hydrogen-bond donors (Lipinski definition) is 2. The molecular formula is C14H19N3OS. The van der Waals surface area contributed by atoms with Gasteiger partial charge in [-0.2, -0.15) is 0 Å². The fraction of sp³-hybridized carbons (Fsp3) is 0.500. The zero-order valence-corrected chi connectivity index (χ0v) is 11.9. The molecule has 0 radical (unpaired) electrons. The van der Waals surface area contributed by atoms with Crippen LogP contribution in [0.2, 0.25) is 0 Å². The van der Waals surface area contributed by atoms with Gasteiger partial charge in [0.2, 0.25) is 5.91 Å². The molecule has 1 aromatic heterocycles. The van der Waals surface area contributed by atoms with E-state index in [1.165, 1.54) is 0 Å². The first-order chi connectivity index (χ1) is 9.06. The summed E-state index contributed by atoms with van der Waals surface area (Å²) in [5.41, 5.74) is 6.19. The van der Waals surface area contributed by atoms with E-state index in [-0.39, 0.29) is 11.9 Å². The molecule has 102 valence electrons. The summed E-state index contributed by atoms with van der Waals surface area (Å²) in [7, 11) is 0. The second-order valence-corrected chi connectivity index (χ2v) is 5.57. The van der Waals surface area contributed by atoms with E-state index in [4.69, 9.17) is 18.0 Å². The molecule has 1 amide bonds. The quantitative estimate of drug-likeness (QED) is 0.827. The van der Waals surface area contributed by atoms with Crippen molar-refractivity contribution in [2.24, 2.45) is 11.1 Å². The minimum atomic E-state index is -0.642. The van der Waals surface area contributed by atoms with E-state index >= 15 is 0 Å². The molecule has 1 aliphatic rings. The summed E-state index contributed by atoms with van der Waals surface area (Å²) in [4.78, 5) is 16.8. The number of amides is 1. The highest BCUT2D eigenvalue weighted by Gasteiger charge is 2.44. The molecule has 1 heterocycles. The Morgan fingerprint density at radius 3 is 2.53 bits per heavy atom. The van der Waals surface area contributed by atoms with Crippen LogP contribution in [0.5, 0.6) is 0 Å². The maximum atomic E-state index is 12.5. The van der Waals surface area contributed by atoms with Crippen molar-refractivity contribution in [3.05, 3.63) is 30.1 Å².